The molecule has 0 aromatic heterocycles. The Balaban J connectivity index is 1.53. The Morgan fingerprint density at radius 1 is 1.19 bits per heavy atom. The second-order valence-corrected chi connectivity index (χ2v) is 7.45. The van der Waals surface area contributed by atoms with E-state index in [2.05, 4.69) is 10.2 Å². The van der Waals surface area contributed by atoms with Gasteiger partial charge in [-0.05, 0) is 37.6 Å². The minimum atomic E-state index is 0.111. The van der Waals surface area contributed by atoms with E-state index in [0.29, 0.717) is 18.4 Å². The van der Waals surface area contributed by atoms with E-state index in [1.54, 1.807) is 14.2 Å². The zero-order chi connectivity index (χ0) is 18.5. The average Bonchev–Trinajstić information content (AvgIpc) is 3.34. The molecule has 2 fully saturated rings. The van der Waals surface area contributed by atoms with Crippen LogP contribution in [0.5, 0.6) is 11.5 Å². The van der Waals surface area contributed by atoms with Gasteiger partial charge in [-0.25, -0.2) is 0 Å². The molecule has 1 heterocycles. The Labute approximate surface area is 156 Å². The molecule has 3 atom stereocenters. The maximum Gasteiger partial charge on any atom is 0.223 e. The fourth-order valence-electron chi connectivity index (χ4n) is 4.25. The summed E-state index contributed by atoms with van der Waals surface area (Å²) in [6, 6.07) is 5.95. The van der Waals surface area contributed by atoms with Crippen molar-refractivity contribution in [1.82, 2.24) is 5.32 Å². The number of ether oxygens (including phenoxy) is 2. The smallest absolute Gasteiger partial charge is 0.223 e. The second-order valence-electron chi connectivity index (χ2n) is 7.45. The van der Waals surface area contributed by atoms with Gasteiger partial charge in [0.25, 0.3) is 0 Å². The number of benzene rings is 1. The second kappa shape index (κ2) is 8.62. The number of amides is 1. The summed E-state index contributed by atoms with van der Waals surface area (Å²) in [5.74, 6) is 2.73. The van der Waals surface area contributed by atoms with Gasteiger partial charge in [0.1, 0.15) is 11.5 Å². The highest BCUT2D eigenvalue weighted by Crippen LogP contribution is 2.32. The number of hydrogen-bond donors (Lipinski definition) is 2. The molecule has 0 bridgehead atoms. The third-order valence-corrected chi connectivity index (χ3v) is 5.85. The molecule has 1 aromatic rings. The first-order chi connectivity index (χ1) is 12.6. The molecule has 1 unspecified atom stereocenters. The molecular formula is C20H31N3O3. The quantitative estimate of drug-likeness (QED) is 0.777. The van der Waals surface area contributed by atoms with Crippen LogP contribution in [0.1, 0.15) is 25.7 Å². The molecule has 144 valence electrons. The van der Waals surface area contributed by atoms with Crippen molar-refractivity contribution in [3.63, 3.8) is 0 Å². The van der Waals surface area contributed by atoms with Gasteiger partial charge in [-0.3, -0.25) is 4.79 Å². The minimum Gasteiger partial charge on any atom is -0.497 e. The lowest BCUT2D eigenvalue weighted by atomic mass is 9.95. The van der Waals surface area contributed by atoms with E-state index < -0.39 is 0 Å². The van der Waals surface area contributed by atoms with Crippen LogP contribution in [0.2, 0.25) is 0 Å². The molecule has 3 N–H and O–H groups in total. The summed E-state index contributed by atoms with van der Waals surface area (Å²) in [4.78, 5) is 14.8. The van der Waals surface area contributed by atoms with Crippen molar-refractivity contribution in [3.8, 4) is 11.5 Å². The van der Waals surface area contributed by atoms with E-state index >= 15 is 0 Å². The highest BCUT2D eigenvalue weighted by molar-refractivity contribution is 5.79. The highest BCUT2D eigenvalue weighted by Gasteiger charge is 2.32. The van der Waals surface area contributed by atoms with Crippen LogP contribution in [0.25, 0.3) is 0 Å². The summed E-state index contributed by atoms with van der Waals surface area (Å²) < 4.78 is 10.7. The van der Waals surface area contributed by atoms with Crippen molar-refractivity contribution in [2.75, 3.05) is 45.3 Å². The Kier molecular flexibility index (Phi) is 6.25. The molecule has 3 rings (SSSR count). The molecule has 1 aromatic carbocycles. The Bertz CT molecular complexity index is 600. The fraction of sp³-hybridized carbons (Fsp3) is 0.650. The monoisotopic (exact) mass is 361 g/mol. The Morgan fingerprint density at radius 3 is 2.58 bits per heavy atom. The zero-order valence-corrected chi connectivity index (χ0v) is 15.9. The first-order valence-electron chi connectivity index (χ1n) is 9.60. The van der Waals surface area contributed by atoms with Gasteiger partial charge in [0, 0.05) is 49.4 Å². The maximum atomic E-state index is 12.5. The summed E-state index contributed by atoms with van der Waals surface area (Å²) in [5, 5.41) is 3.18. The molecule has 6 heteroatoms. The molecule has 2 aliphatic rings. The summed E-state index contributed by atoms with van der Waals surface area (Å²) in [6.07, 6.45) is 4.26. The first-order valence-corrected chi connectivity index (χ1v) is 9.60. The average molecular weight is 361 g/mol. The maximum absolute atomic E-state index is 12.5. The highest BCUT2D eigenvalue weighted by atomic mass is 16.5. The van der Waals surface area contributed by atoms with Gasteiger partial charge >= 0.3 is 0 Å². The van der Waals surface area contributed by atoms with E-state index in [9.17, 15) is 4.79 Å². The van der Waals surface area contributed by atoms with E-state index in [1.165, 1.54) is 0 Å². The number of rotatable bonds is 7. The number of nitrogens with zero attached hydrogens (tertiary/aromatic N) is 1. The van der Waals surface area contributed by atoms with Gasteiger partial charge in [0.05, 0.1) is 14.2 Å². The van der Waals surface area contributed by atoms with Crippen molar-refractivity contribution in [2.45, 2.75) is 25.7 Å². The molecular weight excluding hydrogens is 330 g/mol. The van der Waals surface area contributed by atoms with Gasteiger partial charge < -0.3 is 25.4 Å². The fourth-order valence-corrected chi connectivity index (χ4v) is 4.25. The lowest BCUT2D eigenvalue weighted by Gasteiger charge is -2.21. The molecule has 1 saturated heterocycles. The van der Waals surface area contributed by atoms with Gasteiger partial charge in [0.15, 0.2) is 0 Å². The molecule has 1 saturated carbocycles. The van der Waals surface area contributed by atoms with E-state index in [0.717, 1.165) is 62.5 Å². The summed E-state index contributed by atoms with van der Waals surface area (Å²) in [6.45, 7) is 3.27. The molecule has 0 radical (unpaired) electrons. The molecule has 26 heavy (non-hydrogen) atoms. The third kappa shape index (κ3) is 4.23. The number of carbonyl (C=O) groups is 1. The largest absolute Gasteiger partial charge is 0.497 e. The van der Waals surface area contributed by atoms with Crippen LogP contribution in [-0.4, -0.2) is 46.3 Å². The number of nitrogens with one attached hydrogen (secondary N) is 1. The zero-order valence-electron chi connectivity index (χ0n) is 15.9. The van der Waals surface area contributed by atoms with Gasteiger partial charge in [-0.2, -0.15) is 0 Å². The van der Waals surface area contributed by atoms with Gasteiger partial charge in [0.2, 0.25) is 5.91 Å². The summed E-state index contributed by atoms with van der Waals surface area (Å²) in [5.41, 5.74) is 6.91. The Hall–Kier alpha value is -1.95. The topological polar surface area (TPSA) is 76.8 Å². The molecule has 1 aliphatic heterocycles. The number of anilines is 1. The van der Waals surface area contributed by atoms with Crippen LogP contribution >= 0.6 is 0 Å². The van der Waals surface area contributed by atoms with Crippen LogP contribution in [0.3, 0.4) is 0 Å². The summed E-state index contributed by atoms with van der Waals surface area (Å²) in [7, 11) is 3.33. The van der Waals surface area contributed by atoms with Crippen LogP contribution in [0.15, 0.2) is 18.2 Å². The van der Waals surface area contributed by atoms with Crippen LogP contribution in [-0.2, 0) is 4.79 Å². The number of carbonyl (C=O) groups excluding carboxylic acids is 1. The molecule has 6 nitrogen and oxygen atoms in total. The third-order valence-electron chi connectivity index (χ3n) is 5.85. The predicted molar refractivity (Wildman–Crippen MR) is 103 cm³/mol. The van der Waals surface area contributed by atoms with E-state index in [1.807, 2.05) is 18.2 Å². The van der Waals surface area contributed by atoms with E-state index in [-0.39, 0.29) is 11.8 Å². The van der Waals surface area contributed by atoms with Crippen LogP contribution in [0, 0.1) is 17.8 Å². The lowest BCUT2D eigenvalue weighted by Crippen LogP contribution is -2.38. The number of nitrogens with two attached hydrogens (primary N) is 1. The van der Waals surface area contributed by atoms with E-state index in [4.69, 9.17) is 15.2 Å². The van der Waals surface area contributed by atoms with Crippen molar-refractivity contribution in [1.29, 1.82) is 0 Å². The van der Waals surface area contributed by atoms with Crippen LogP contribution < -0.4 is 25.4 Å². The van der Waals surface area contributed by atoms with Crippen molar-refractivity contribution in [3.05, 3.63) is 18.2 Å². The van der Waals surface area contributed by atoms with Crippen molar-refractivity contribution >= 4 is 11.6 Å². The first kappa shape index (κ1) is 18.8. The molecule has 1 amide bonds. The van der Waals surface area contributed by atoms with Gasteiger partial charge in [-0.1, -0.05) is 6.42 Å². The lowest BCUT2D eigenvalue weighted by molar-refractivity contribution is -0.126. The van der Waals surface area contributed by atoms with Crippen molar-refractivity contribution < 1.29 is 14.3 Å². The standard InChI is InChI=1S/C20H31N3O3/c1-25-17-8-16(9-18(10-17)26-2)23-7-6-14(13-23)12-22-20(24)19-5-3-4-15(19)11-21/h8-10,14-15,19H,3-7,11-13,21H2,1-2H3,(H,22,24)/t14?,15-,19-/m1/s1. The predicted octanol–water partition coefficient (Wildman–Crippen LogP) is 2.02. The van der Waals surface area contributed by atoms with Gasteiger partial charge in [-0.15, -0.1) is 0 Å². The molecule has 0 spiro atoms. The number of hydrogen-bond acceptors (Lipinski definition) is 5. The number of methoxy groups -OCH3 is 2. The minimum absolute atomic E-state index is 0.111. The summed E-state index contributed by atoms with van der Waals surface area (Å²) >= 11 is 0. The van der Waals surface area contributed by atoms with Crippen LogP contribution in [0.4, 0.5) is 5.69 Å². The normalized spacial score (nSPS) is 25.3. The SMILES string of the molecule is COc1cc(OC)cc(N2CCC(CNC(=O)[C@@H]3CCC[C@@H]3CN)C2)c1. The molecule has 1 aliphatic carbocycles. The van der Waals surface area contributed by atoms with Crippen molar-refractivity contribution in [2.24, 2.45) is 23.5 Å². The Morgan fingerprint density at radius 2 is 1.92 bits per heavy atom.